The molecule has 1 amide bonds. The van der Waals surface area contributed by atoms with Gasteiger partial charge in [-0.1, -0.05) is 19.9 Å². The molecule has 3 heterocycles. The van der Waals surface area contributed by atoms with Crippen molar-refractivity contribution in [3.63, 3.8) is 0 Å². The van der Waals surface area contributed by atoms with Crippen LogP contribution in [0.1, 0.15) is 54.1 Å². The standard InChI is InChI=1S/C25H33N5O4/c1-17(2)15-19(26-25(31)22-9-6-14-34-22)24-28-27-23-10-11-29(12-13-30(23)24)16-18-20(32-3)7-5-8-21(18)33-4/h5-9,14,17,19H,10-13,15-16H2,1-4H3,(H,26,31). The second-order valence-corrected chi connectivity index (χ2v) is 8.93. The second kappa shape index (κ2) is 10.7. The zero-order valence-electron chi connectivity index (χ0n) is 20.3. The topological polar surface area (TPSA) is 94.7 Å². The lowest BCUT2D eigenvalue weighted by Crippen LogP contribution is -2.32. The van der Waals surface area contributed by atoms with Gasteiger partial charge in [0.15, 0.2) is 11.6 Å². The summed E-state index contributed by atoms with van der Waals surface area (Å²) in [6, 6.07) is 8.97. The summed E-state index contributed by atoms with van der Waals surface area (Å²) < 4.78 is 18.6. The number of fused-ring (bicyclic) bond motifs is 1. The molecule has 1 N–H and O–H groups in total. The van der Waals surface area contributed by atoms with Crippen molar-refractivity contribution in [1.29, 1.82) is 0 Å². The first-order chi connectivity index (χ1) is 16.5. The van der Waals surface area contributed by atoms with Gasteiger partial charge < -0.3 is 23.8 Å². The third kappa shape index (κ3) is 5.25. The zero-order chi connectivity index (χ0) is 24.1. The minimum absolute atomic E-state index is 0.244. The van der Waals surface area contributed by atoms with Crippen molar-refractivity contribution < 1.29 is 18.7 Å². The Morgan fingerprint density at radius 2 is 1.85 bits per heavy atom. The first kappa shape index (κ1) is 23.8. The Hall–Kier alpha value is -3.33. The van der Waals surface area contributed by atoms with Crippen molar-refractivity contribution in [2.24, 2.45) is 5.92 Å². The molecule has 0 radical (unpaired) electrons. The molecule has 182 valence electrons. The Labute approximate surface area is 200 Å². The van der Waals surface area contributed by atoms with Gasteiger partial charge in [-0.2, -0.15) is 0 Å². The van der Waals surface area contributed by atoms with Crippen molar-refractivity contribution in [1.82, 2.24) is 25.0 Å². The summed E-state index contributed by atoms with van der Waals surface area (Å²) in [4.78, 5) is 15.1. The number of carbonyl (C=O) groups excluding carboxylic acids is 1. The van der Waals surface area contributed by atoms with Crippen molar-refractivity contribution in [2.75, 3.05) is 27.3 Å². The van der Waals surface area contributed by atoms with Gasteiger partial charge >= 0.3 is 0 Å². The maximum Gasteiger partial charge on any atom is 0.287 e. The highest BCUT2D eigenvalue weighted by Crippen LogP contribution is 2.30. The van der Waals surface area contributed by atoms with Crippen molar-refractivity contribution in [2.45, 2.75) is 45.8 Å². The van der Waals surface area contributed by atoms with E-state index in [2.05, 4.69) is 38.8 Å². The van der Waals surface area contributed by atoms with E-state index in [9.17, 15) is 4.79 Å². The number of benzene rings is 1. The zero-order valence-corrected chi connectivity index (χ0v) is 20.3. The van der Waals surface area contributed by atoms with Crippen LogP contribution in [0.25, 0.3) is 0 Å². The maximum atomic E-state index is 12.7. The Balaban J connectivity index is 1.52. The average molecular weight is 468 g/mol. The van der Waals surface area contributed by atoms with Gasteiger partial charge in [0, 0.05) is 32.6 Å². The normalized spacial score (nSPS) is 15.0. The van der Waals surface area contributed by atoms with Crippen LogP contribution in [0, 0.1) is 5.92 Å². The van der Waals surface area contributed by atoms with Crippen molar-refractivity contribution in [3.8, 4) is 11.5 Å². The lowest BCUT2D eigenvalue weighted by atomic mass is 10.0. The Bertz CT molecular complexity index is 1070. The van der Waals surface area contributed by atoms with E-state index < -0.39 is 0 Å². The third-order valence-corrected chi connectivity index (χ3v) is 6.13. The maximum absolute atomic E-state index is 12.7. The molecule has 2 aromatic heterocycles. The predicted octanol–water partition coefficient (Wildman–Crippen LogP) is 3.46. The van der Waals surface area contributed by atoms with Crippen LogP contribution in [0.5, 0.6) is 11.5 Å². The Kier molecular flexibility index (Phi) is 7.52. The minimum atomic E-state index is -0.250. The Morgan fingerprint density at radius 1 is 1.09 bits per heavy atom. The number of rotatable bonds is 9. The number of amides is 1. The molecule has 1 aromatic carbocycles. The van der Waals surface area contributed by atoms with Crippen LogP contribution < -0.4 is 14.8 Å². The molecule has 0 saturated carbocycles. The van der Waals surface area contributed by atoms with Gasteiger partial charge in [-0.25, -0.2) is 0 Å². The largest absolute Gasteiger partial charge is 0.496 e. The Morgan fingerprint density at radius 3 is 2.50 bits per heavy atom. The number of furan rings is 1. The van der Waals surface area contributed by atoms with E-state index in [1.807, 2.05) is 18.2 Å². The van der Waals surface area contributed by atoms with Crippen LogP contribution in [0.3, 0.4) is 0 Å². The molecule has 0 fully saturated rings. The minimum Gasteiger partial charge on any atom is -0.496 e. The first-order valence-electron chi connectivity index (χ1n) is 11.7. The van der Waals surface area contributed by atoms with Crippen molar-refractivity contribution >= 4 is 5.91 Å². The van der Waals surface area contributed by atoms with Gasteiger partial charge in [0.25, 0.3) is 5.91 Å². The second-order valence-electron chi connectivity index (χ2n) is 8.93. The molecule has 0 bridgehead atoms. The van der Waals surface area contributed by atoms with E-state index in [1.54, 1.807) is 26.4 Å². The van der Waals surface area contributed by atoms with E-state index in [-0.39, 0.29) is 11.9 Å². The van der Waals surface area contributed by atoms with Crippen LogP contribution >= 0.6 is 0 Å². The number of ether oxygens (including phenoxy) is 2. The predicted molar refractivity (Wildman–Crippen MR) is 127 cm³/mol. The molecule has 1 aliphatic rings. The quantitative estimate of drug-likeness (QED) is 0.515. The molecule has 0 spiro atoms. The van der Waals surface area contributed by atoms with Crippen LogP contribution in [0.4, 0.5) is 0 Å². The van der Waals surface area contributed by atoms with Crippen LogP contribution in [0.2, 0.25) is 0 Å². The molecule has 9 nitrogen and oxygen atoms in total. The molecular formula is C25H33N5O4. The number of aromatic nitrogens is 3. The number of hydrogen-bond donors (Lipinski definition) is 1. The fourth-order valence-electron chi connectivity index (χ4n) is 4.45. The number of carbonyl (C=O) groups is 1. The summed E-state index contributed by atoms with van der Waals surface area (Å²) in [5.74, 6) is 3.79. The SMILES string of the molecule is COc1cccc(OC)c1CN1CCc2nnc(C(CC(C)C)NC(=O)c3ccco3)n2CC1. The van der Waals surface area contributed by atoms with Gasteiger partial charge in [-0.15, -0.1) is 10.2 Å². The fourth-order valence-corrected chi connectivity index (χ4v) is 4.45. The van der Waals surface area contributed by atoms with Crippen molar-refractivity contribution in [3.05, 3.63) is 59.6 Å². The molecule has 0 saturated heterocycles. The molecule has 0 aliphatic carbocycles. The number of methoxy groups -OCH3 is 2. The lowest BCUT2D eigenvalue weighted by molar-refractivity contribution is 0.0900. The molecule has 4 rings (SSSR count). The summed E-state index contributed by atoms with van der Waals surface area (Å²) >= 11 is 0. The van der Waals surface area contributed by atoms with Gasteiger partial charge in [0.1, 0.15) is 17.3 Å². The molecule has 1 atom stereocenters. The average Bonchev–Trinajstić information content (AvgIpc) is 3.46. The number of nitrogens with zero attached hydrogens (tertiary/aromatic N) is 4. The van der Waals surface area contributed by atoms with Crippen LogP contribution in [0.15, 0.2) is 41.0 Å². The molecule has 9 heteroatoms. The molecular weight excluding hydrogens is 434 g/mol. The number of nitrogens with one attached hydrogen (secondary N) is 1. The van der Waals surface area contributed by atoms with Crippen LogP contribution in [-0.2, 0) is 19.5 Å². The van der Waals surface area contributed by atoms with E-state index in [0.717, 1.165) is 61.2 Å². The highest BCUT2D eigenvalue weighted by molar-refractivity contribution is 5.91. The summed E-state index contributed by atoms with van der Waals surface area (Å²) in [5, 5.41) is 12.1. The molecule has 1 aliphatic heterocycles. The summed E-state index contributed by atoms with van der Waals surface area (Å²) in [6.07, 6.45) is 3.03. The highest BCUT2D eigenvalue weighted by atomic mass is 16.5. The summed E-state index contributed by atoms with van der Waals surface area (Å²) in [7, 11) is 3.36. The van der Waals surface area contributed by atoms with Gasteiger partial charge in [-0.3, -0.25) is 9.69 Å². The van der Waals surface area contributed by atoms with E-state index in [4.69, 9.17) is 13.9 Å². The van der Waals surface area contributed by atoms with Gasteiger partial charge in [0.2, 0.25) is 0 Å². The van der Waals surface area contributed by atoms with E-state index >= 15 is 0 Å². The van der Waals surface area contributed by atoms with Crippen LogP contribution in [-0.4, -0.2) is 52.9 Å². The first-order valence-corrected chi connectivity index (χ1v) is 11.7. The smallest absolute Gasteiger partial charge is 0.287 e. The highest BCUT2D eigenvalue weighted by Gasteiger charge is 2.27. The van der Waals surface area contributed by atoms with E-state index in [1.165, 1.54) is 6.26 Å². The number of hydrogen-bond acceptors (Lipinski definition) is 7. The summed E-state index contributed by atoms with van der Waals surface area (Å²) in [6.45, 7) is 7.38. The molecule has 34 heavy (non-hydrogen) atoms. The van der Waals surface area contributed by atoms with Gasteiger partial charge in [0.05, 0.1) is 32.1 Å². The monoisotopic (exact) mass is 467 g/mol. The van der Waals surface area contributed by atoms with Gasteiger partial charge in [-0.05, 0) is 36.6 Å². The van der Waals surface area contributed by atoms with E-state index in [0.29, 0.717) is 18.2 Å². The lowest BCUT2D eigenvalue weighted by Gasteiger charge is -2.23. The molecule has 1 unspecified atom stereocenters. The fraction of sp³-hybridized carbons (Fsp3) is 0.480. The molecule has 3 aromatic rings. The third-order valence-electron chi connectivity index (χ3n) is 6.13. The summed E-state index contributed by atoms with van der Waals surface area (Å²) in [5.41, 5.74) is 1.04.